The second-order valence-electron chi connectivity index (χ2n) is 5.96. The fourth-order valence-corrected chi connectivity index (χ4v) is 3.70. The van der Waals surface area contributed by atoms with Gasteiger partial charge in [-0.3, -0.25) is 4.98 Å². The van der Waals surface area contributed by atoms with Crippen molar-refractivity contribution in [1.82, 2.24) is 9.71 Å². The van der Waals surface area contributed by atoms with Crippen molar-refractivity contribution in [2.45, 2.75) is 31.0 Å². The molecule has 0 spiro atoms. The Morgan fingerprint density at radius 3 is 2.58 bits per heavy atom. The minimum Gasteiger partial charge on any atom is -0.381 e. The lowest BCUT2D eigenvalue weighted by atomic mass is 10.2. The first-order chi connectivity index (χ1) is 11.6. The molecular weight excluding hydrogens is 329 g/mol. The van der Waals surface area contributed by atoms with Crippen LogP contribution in [-0.4, -0.2) is 19.9 Å². The highest BCUT2D eigenvalue weighted by atomic mass is 32.2. The number of rotatable bonds is 8. The van der Waals surface area contributed by atoms with Gasteiger partial charge in [-0.1, -0.05) is 0 Å². The van der Waals surface area contributed by atoms with Gasteiger partial charge in [-0.05, 0) is 54.7 Å². The van der Waals surface area contributed by atoms with Crippen molar-refractivity contribution in [3.8, 4) is 0 Å². The Morgan fingerprint density at radius 1 is 1.17 bits per heavy atom. The Hall–Kier alpha value is -1.99. The summed E-state index contributed by atoms with van der Waals surface area (Å²) in [6.45, 7) is 0.154. The zero-order valence-electron chi connectivity index (χ0n) is 13.2. The standard InChI is InChI=1S/C17H20FN3O2S/c18-10-15-9-16(20-11-14-5-7-19-8-6-14)3-4-17(15)24(22,23)21-12-13-1-2-13/h3-9,13,20-21H,1-2,10-12H2. The summed E-state index contributed by atoms with van der Waals surface area (Å²) in [5, 5.41) is 3.16. The summed E-state index contributed by atoms with van der Waals surface area (Å²) in [6.07, 6.45) is 5.50. The number of alkyl halides is 1. The van der Waals surface area contributed by atoms with Crippen LogP contribution in [0.1, 0.15) is 24.0 Å². The van der Waals surface area contributed by atoms with Crippen LogP contribution < -0.4 is 10.0 Å². The van der Waals surface area contributed by atoms with Crippen LogP contribution >= 0.6 is 0 Å². The highest BCUT2D eigenvalue weighted by Crippen LogP contribution is 2.29. The molecule has 1 aromatic heterocycles. The topological polar surface area (TPSA) is 71.1 Å². The average Bonchev–Trinajstić information content (AvgIpc) is 3.43. The summed E-state index contributed by atoms with van der Waals surface area (Å²) in [6, 6.07) is 8.42. The second-order valence-corrected chi connectivity index (χ2v) is 7.70. The number of aromatic nitrogens is 1. The molecule has 0 unspecified atom stereocenters. The van der Waals surface area contributed by atoms with E-state index in [-0.39, 0.29) is 10.5 Å². The number of pyridine rings is 1. The molecule has 3 rings (SSSR count). The Labute approximate surface area is 141 Å². The molecule has 24 heavy (non-hydrogen) atoms. The number of benzene rings is 1. The van der Waals surface area contributed by atoms with Crippen LogP contribution in [0.5, 0.6) is 0 Å². The summed E-state index contributed by atoms with van der Waals surface area (Å²) in [5.74, 6) is 0.426. The quantitative estimate of drug-likeness (QED) is 0.769. The van der Waals surface area contributed by atoms with E-state index in [4.69, 9.17) is 0 Å². The van der Waals surface area contributed by atoms with Crippen molar-refractivity contribution in [2.75, 3.05) is 11.9 Å². The second kappa shape index (κ2) is 7.27. The summed E-state index contributed by atoms with van der Waals surface area (Å²) < 4.78 is 40.6. The van der Waals surface area contributed by atoms with E-state index >= 15 is 0 Å². The molecule has 2 aromatic rings. The van der Waals surface area contributed by atoms with E-state index in [0.29, 0.717) is 24.7 Å². The first kappa shape index (κ1) is 16.9. The average molecular weight is 349 g/mol. The Bertz CT molecular complexity index is 793. The summed E-state index contributed by atoms with van der Waals surface area (Å²) in [7, 11) is -3.67. The van der Waals surface area contributed by atoms with E-state index < -0.39 is 16.7 Å². The van der Waals surface area contributed by atoms with Crippen LogP contribution in [0.25, 0.3) is 0 Å². The highest BCUT2D eigenvalue weighted by Gasteiger charge is 2.25. The van der Waals surface area contributed by atoms with Crippen LogP contribution in [-0.2, 0) is 23.2 Å². The molecule has 1 aliphatic carbocycles. The number of hydrogen-bond acceptors (Lipinski definition) is 4. The fraction of sp³-hybridized carbons (Fsp3) is 0.353. The first-order valence-electron chi connectivity index (χ1n) is 7.90. The van der Waals surface area contributed by atoms with E-state index in [1.165, 1.54) is 6.07 Å². The predicted octanol–water partition coefficient (Wildman–Crippen LogP) is 2.85. The maximum Gasteiger partial charge on any atom is 0.240 e. The van der Waals surface area contributed by atoms with Crippen molar-refractivity contribution in [1.29, 1.82) is 0 Å². The molecule has 1 saturated carbocycles. The summed E-state index contributed by atoms with van der Waals surface area (Å²) in [5.41, 5.74) is 1.88. The molecule has 0 radical (unpaired) electrons. The number of nitrogens with zero attached hydrogens (tertiary/aromatic N) is 1. The van der Waals surface area contributed by atoms with Gasteiger partial charge in [0, 0.05) is 36.7 Å². The normalized spacial score (nSPS) is 14.5. The van der Waals surface area contributed by atoms with Gasteiger partial charge in [-0.15, -0.1) is 0 Å². The molecule has 2 N–H and O–H groups in total. The minimum absolute atomic E-state index is 0.0140. The zero-order chi connectivity index (χ0) is 17.0. The van der Waals surface area contributed by atoms with Crippen LogP contribution in [0.4, 0.5) is 10.1 Å². The molecule has 0 atom stereocenters. The van der Waals surface area contributed by atoms with E-state index in [1.807, 2.05) is 12.1 Å². The minimum atomic E-state index is -3.67. The van der Waals surface area contributed by atoms with Crippen LogP contribution in [0.3, 0.4) is 0 Å². The third-order valence-electron chi connectivity index (χ3n) is 4.00. The van der Waals surface area contributed by atoms with Gasteiger partial charge in [0.1, 0.15) is 6.67 Å². The number of sulfonamides is 1. The van der Waals surface area contributed by atoms with Crippen molar-refractivity contribution in [3.05, 3.63) is 53.9 Å². The number of anilines is 1. The lowest BCUT2D eigenvalue weighted by Crippen LogP contribution is -2.26. The molecular formula is C17H20FN3O2S. The molecule has 128 valence electrons. The monoisotopic (exact) mass is 349 g/mol. The van der Waals surface area contributed by atoms with Gasteiger partial charge in [-0.2, -0.15) is 0 Å². The predicted molar refractivity (Wildman–Crippen MR) is 90.7 cm³/mol. The summed E-state index contributed by atoms with van der Waals surface area (Å²) in [4.78, 5) is 3.96. The van der Waals surface area contributed by atoms with E-state index in [0.717, 1.165) is 18.4 Å². The molecule has 0 saturated heterocycles. The molecule has 0 aliphatic heterocycles. The third kappa shape index (κ3) is 4.30. The van der Waals surface area contributed by atoms with Gasteiger partial charge in [-0.25, -0.2) is 17.5 Å². The van der Waals surface area contributed by atoms with Gasteiger partial charge < -0.3 is 5.32 Å². The van der Waals surface area contributed by atoms with E-state index in [1.54, 1.807) is 24.5 Å². The molecule has 0 amide bonds. The number of hydrogen-bond donors (Lipinski definition) is 2. The largest absolute Gasteiger partial charge is 0.381 e. The van der Waals surface area contributed by atoms with Gasteiger partial charge in [0.2, 0.25) is 10.0 Å². The third-order valence-corrected chi connectivity index (χ3v) is 5.52. The van der Waals surface area contributed by atoms with E-state index in [2.05, 4.69) is 15.0 Å². The first-order valence-corrected chi connectivity index (χ1v) is 9.38. The molecule has 1 heterocycles. The van der Waals surface area contributed by atoms with Crippen molar-refractivity contribution >= 4 is 15.7 Å². The molecule has 1 aliphatic rings. The molecule has 7 heteroatoms. The van der Waals surface area contributed by atoms with Crippen LogP contribution in [0.2, 0.25) is 0 Å². The lowest BCUT2D eigenvalue weighted by Gasteiger charge is -2.12. The Balaban J connectivity index is 1.72. The maximum atomic E-state index is 13.3. The Kier molecular flexibility index (Phi) is 5.11. The molecule has 1 aromatic carbocycles. The smallest absolute Gasteiger partial charge is 0.240 e. The molecule has 0 bridgehead atoms. The van der Waals surface area contributed by atoms with Gasteiger partial charge >= 0.3 is 0 Å². The van der Waals surface area contributed by atoms with Crippen LogP contribution in [0, 0.1) is 5.92 Å². The van der Waals surface area contributed by atoms with Gasteiger partial charge in [0.05, 0.1) is 4.90 Å². The molecule has 5 nitrogen and oxygen atoms in total. The van der Waals surface area contributed by atoms with Gasteiger partial charge in [0.15, 0.2) is 0 Å². The fourth-order valence-electron chi connectivity index (χ4n) is 2.39. The number of halogens is 1. The van der Waals surface area contributed by atoms with E-state index in [9.17, 15) is 12.8 Å². The lowest BCUT2D eigenvalue weighted by molar-refractivity contribution is 0.477. The zero-order valence-corrected chi connectivity index (χ0v) is 14.0. The van der Waals surface area contributed by atoms with Gasteiger partial charge in [0.25, 0.3) is 0 Å². The Morgan fingerprint density at radius 2 is 1.92 bits per heavy atom. The van der Waals surface area contributed by atoms with Crippen molar-refractivity contribution < 1.29 is 12.8 Å². The van der Waals surface area contributed by atoms with Crippen molar-refractivity contribution in [2.24, 2.45) is 5.92 Å². The van der Waals surface area contributed by atoms with Crippen molar-refractivity contribution in [3.63, 3.8) is 0 Å². The number of nitrogens with one attached hydrogen (secondary N) is 2. The van der Waals surface area contributed by atoms with Crippen LogP contribution in [0.15, 0.2) is 47.6 Å². The summed E-state index contributed by atoms with van der Waals surface area (Å²) >= 11 is 0. The SMILES string of the molecule is O=S(=O)(NCC1CC1)c1ccc(NCc2ccncc2)cc1CF. The highest BCUT2D eigenvalue weighted by molar-refractivity contribution is 7.89. The molecule has 1 fully saturated rings. The maximum absolute atomic E-state index is 13.3.